The normalized spacial score (nSPS) is 41.8. The van der Waals surface area contributed by atoms with Gasteiger partial charge in [0.1, 0.15) is 0 Å². The van der Waals surface area contributed by atoms with Crippen LogP contribution in [-0.2, 0) is 0 Å². The van der Waals surface area contributed by atoms with Gasteiger partial charge in [-0.05, 0) is 119 Å². The minimum absolute atomic E-state index is 0.321. The number of allylic oxidation sites excluding steroid dienone is 3. The Morgan fingerprint density at radius 1 is 1.07 bits per heavy atom. The summed E-state index contributed by atoms with van der Waals surface area (Å²) in [6.07, 6.45) is 19.9. The highest BCUT2D eigenvalue weighted by molar-refractivity contribution is 5.37. The second-order valence-electron chi connectivity index (χ2n) is 10.7. The largest absolute Gasteiger partial charge is 0.388 e. The Kier molecular flexibility index (Phi) is 6.71. The van der Waals surface area contributed by atoms with E-state index in [2.05, 4.69) is 37.5 Å². The van der Waals surface area contributed by atoms with Crippen LogP contribution in [0.5, 0.6) is 0 Å². The maximum absolute atomic E-state index is 10.1. The van der Waals surface area contributed by atoms with Gasteiger partial charge in [0.15, 0.2) is 0 Å². The molecule has 0 amide bonds. The number of aliphatic hydroxyl groups excluding tert-OH is 1. The number of hydrogen-bond donors (Lipinski definition) is 1. The molecule has 3 saturated carbocycles. The van der Waals surface area contributed by atoms with Crippen LogP contribution < -0.4 is 0 Å². The lowest BCUT2D eigenvalue weighted by Gasteiger charge is -2.43. The average molecular weight is 398 g/mol. The molecule has 2 nitrogen and oxygen atoms in total. The fraction of sp³-hybridized carbons (Fsp3) is 0.778. The fourth-order valence-corrected chi connectivity index (χ4v) is 7.06. The summed E-state index contributed by atoms with van der Waals surface area (Å²) < 4.78 is 0. The summed E-state index contributed by atoms with van der Waals surface area (Å²) in [4.78, 5) is 2.77. The molecular weight excluding hydrogens is 354 g/mol. The number of aliphatic hydroxyl groups is 1. The second-order valence-corrected chi connectivity index (χ2v) is 10.7. The summed E-state index contributed by atoms with van der Waals surface area (Å²) in [6, 6.07) is 0.793. The fourth-order valence-electron chi connectivity index (χ4n) is 7.06. The van der Waals surface area contributed by atoms with Gasteiger partial charge in [-0.3, -0.25) is 0 Å². The first-order valence-electron chi connectivity index (χ1n) is 12.5. The van der Waals surface area contributed by atoms with Crippen LogP contribution in [0, 0.1) is 17.3 Å². The third-order valence-corrected chi connectivity index (χ3v) is 9.10. The first kappa shape index (κ1) is 21.4. The van der Waals surface area contributed by atoms with Crippen LogP contribution in [0.4, 0.5) is 0 Å². The lowest BCUT2D eigenvalue weighted by Crippen LogP contribution is -2.40. The van der Waals surface area contributed by atoms with E-state index < -0.39 is 0 Å². The molecule has 1 saturated heterocycles. The van der Waals surface area contributed by atoms with Crippen LogP contribution in [0.3, 0.4) is 0 Å². The Morgan fingerprint density at radius 2 is 1.93 bits per heavy atom. The van der Waals surface area contributed by atoms with Crippen molar-refractivity contribution in [1.82, 2.24) is 4.90 Å². The molecule has 0 spiro atoms. The van der Waals surface area contributed by atoms with Crippen LogP contribution in [0.15, 0.2) is 35.5 Å². The van der Waals surface area contributed by atoms with E-state index in [0.717, 1.165) is 42.7 Å². The number of nitrogens with zero attached hydrogens (tertiary/aromatic N) is 1. The van der Waals surface area contributed by atoms with Crippen LogP contribution >= 0.6 is 0 Å². The van der Waals surface area contributed by atoms with Gasteiger partial charge in [-0.2, -0.15) is 0 Å². The molecule has 1 aliphatic heterocycles. The molecule has 3 aliphatic carbocycles. The van der Waals surface area contributed by atoms with Crippen molar-refractivity contribution >= 4 is 0 Å². The second kappa shape index (κ2) is 9.10. The first-order chi connectivity index (χ1) is 14.0. The van der Waals surface area contributed by atoms with Crippen LogP contribution in [-0.4, -0.2) is 35.2 Å². The topological polar surface area (TPSA) is 23.5 Å². The van der Waals surface area contributed by atoms with Crippen molar-refractivity contribution in [1.29, 1.82) is 0 Å². The van der Waals surface area contributed by atoms with E-state index in [-0.39, 0.29) is 6.10 Å². The average Bonchev–Trinajstić information content (AvgIpc) is 3.05. The van der Waals surface area contributed by atoms with Gasteiger partial charge in [-0.15, -0.1) is 0 Å². The maximum atomic E-state index is 10.1. The van der Waals surface area contributed by atoms with Gasteiger partial charge in [0.2, 0.25) is 0 Å². The van der Waals surface area contributed by atoms with Crippen molar-refractivity contribution in [2.75, 3.05) is 13.1 Å². The van der Waals surface area contributed by atoms with Crippen molar-refractivity contribution in [2.24, 2.45) is 17.3 Å². The van der Waals surface area contributed by atoms with Crippen LogP contribution in [0.1, 0.15) is 90.9 Å². The van der Waals surface area contributed by atoms with E-state index in [4.69, 9.17) is 0 Å². The summed E-state index contributed by atoms with van der Waals surface area (Å²) in [6.45, 7) is 11.8. The Bertz CT molecular complexity index is 661. The van der Waals surface area contributed by atoms with Crippen molar-refractivity contribution < 1.29 is 5.11 Å². The Hall–Kier alpha value is -0.860. The molecule has 0 bridgehead atoms. The Balaban J connectivity index is 1.42. The van der Waals surface area contributed by atoms with Crippen molar-refractivity contribution in [3.05, 3.63) is 35.5 Å². The summed E-state index contributed by atoms with van der Waals surface area (Å²) in [7, 11) is 0. The molecule has 1 unspecified atom stereocenters. The van der Waals surface area contributed by atoms with Gasteiger partial charge in [0.05, 0.1) is 6.10 Å². The van der Waals surface area contributed by atoms with Gasteiger partial charge >= 0.3 is 0 Å². The lowest BCUT2D eigenvalue weighted by molar-refractivity contribution is 0.0982. The zero-order valence-corrected chi connectivity index (χ0v) is 19.0. The van der Waals surface area contributed by atoms with Gasteiger partial charge in [0, 0.05) is 6.04 Å². The Morgan fingerprint density at radius 3 is 2.76 bits per heavy atom. The van der Waals surface area contributed by atoms with Gasteiger partial charge in [-0.25, -0.2) is 0 Å². The molecule has 4 fully saturated rings. The molecule has 0 aromatic rings. The van der Waals surface area contributed by atoms with E-state index in [1.165, 1.54) is 76.5 Å². The zero-order chi connectivity index (χ0) is 20.4. The molecule has 2 heteroatoms. The van der Waals surface area contributed by atoms with E-state index in [0.29, 0.717) is 5.41 Å². The monoisotopic (exact) mass is 397 g/mol. The minimum Gasteiger partial charge on any atom is -0.388 e. The van der Waals surface area contributed by atoms with Crippen LogP contribution in [0.25, 0.3) is 0 Å². The molecule has 5 atom stereocenters. The summed E-state index contributed by atoms with van der Waals surface area (Å²) >= 11 is 0. The number of fused-ring (bicyclic) bond motifs is 1. The third-order valence-electron chi connectivity index (χ3n) is 9.10. The number of likely N-dealkylation sites (tertiary alicyclic amines) is 1. The molecule has 4 aliphatic rings. The Labute approximate surface area is 179 Å². The lowest BCUT2D eigenvalue weighted by atomic mass is 9.63. The summed E-state index contributed by atoms with van der Waals surface area (Å²) in [5.41, 5.74) is 4.45. The minimum atomic E-state index is -0.321. The van der Waals surface area contributed by atoms with Gasteiger partial charge in [-0.1, -0.05) is 37.6 Å². The number of hydrogen-bond acceptors (Lipinski definition) is 2. The smallest absolute Gasteiger partial charge is 0.0787 e. The van der Waals surface area contributed by atoms with Crippen LogP contribution in [0.2, 0.25) is 0 Å². The van der Waals surface area contributed by atoms with Gasteiger partial charge < -0.3 is 10.0 Å². The third kappa shape index (κ3) is 4.44. The van der Waals surface area contributed by atoms with E-state index in [1.807, 2.05) is 0 Å². The molecule has 0 aromatic heterocycles. The SMILES string of the molecule is C=C1/C(=C\C=C2/CCC[C@@]3(C)C2CC[C@@H]3CCN2CCCC[C@@H]2C)CCC[C@@H]1O. The first-order valence-corrected chi connectivity index (χ1v) is 12.5. The molecule has 162 valence electrons. The van der Waals surface area contributed by atoms with Crippen molar-refractivity contribution in [3.8, 4) is 0 Å². The molecule has 0 aromatic carbocycles. The quantitative estimate of drug-likeness (QED) is 0.591. The van der Waals surface area contributed by atoms with Crippen molar-refractivity contribution in [2.45, 2.75) is 103 Å². The molecule has 29 heavy (non-hydrogen) atoms. The maximum Gasteiger partial charge on any atom is 0.0787 e. The predicted octanol–water partition coefficient (Wildman–Crippen LogP) is 6.42. The van der Waals surface area contributed by atoms with E-state index in [9.17, 15) is 5.11 Å². The van der Waals surface area contributed by atoms with E-state index in [1.54, 1.807) is 5.57 Å². The molecule has 0 radical (unpaired) electrons. The standard InChI is InChI=1S/C27H43NO/c1-20-8-4-5-18-28(20)19-16-24-14-15-25-23(10-7-17-27(24,25)3)13-12-22-9-6-11-26(29)21(22)2/h12-13,20,24-26,29H,2,4-11,14-19H2,1,3H3/b22-12-,23-13+/t20-,24+,25?,26-,27+/m0/s1. The molecular formula is C27H43NO. The highest BCUT2D eigenvalue weighted by Crippen LogP contribution is 2.58. The number of piperidine rings is 1. The van der Waals surface area contributed by atoms with Crippen molar-refractivity contribution in [3.63, 3.8) is 0 Å². The molecule has 1 heterocycles. The van der Waals surface area contributed by atoms with E-state index >= 15 is 0 Å². The summed E-state index contributed by atoms with van der Waals surface area (Å²) in [5.74, 6) is 1.67. The number of rotatable bonds is 4. The highest BCUT2D eigenvalue weighted by Gasteiger charge is 2.48. The van der Waals surface area contributed by atoms with Gasteiger partial charge in [0.25, 0.3) is 0 Å². The predicted molar refractivity (Wildman–Crippen MR) is 123 cm³/mol. The molecule has 4 rings (SSSR count). The molecule has 1 N–H and O–H groups in total. The zero-order valence-electron chi connectivity index (χ0n) is 19.0. The summed E-state index contributed by atoms with van der Waals surface area (Å²) in [5, 5.41) is 10.1. The highest BCUT2D eigenvalue weighted by atomic mass is 16.3.